The van der Waals surface area contributed by atoms with Gasteiger partial charge in [0.25, 0.3) is 0 Å². The summed E-state index contributed by atoms with van der Waals surface area (Å²) in [6, 6.07) is 5.83. The van der Waals surface area contributed by atoms with E-state index in [2.05, 4.69) is 0 Å². The normalized spacial score (nSPS) is 26.5. The van der Waals surface area contributed by atoms with Gasteiger partial charge in [-0.15, -0.1) is 0 Å². The Balaban J connectivity index is 1.83. The molecule has 0 saturated heterocycles. The quantitative estimate of drug-likeness (QED) is 0.813. The number of nitrogens with two attached hydrogens (primary N) is 1. The topological polar surface area (TPSA) is 52.3 Å². The number of benzene rings is 1. The summed E-state index contributed by atoms with van der Waals surface area (Å²) in [6.07, 6.45) is 5.10. The summed E-state index contributed by atoms with van der Waals surface area (Å²) in [7, 11) is 0. The van der Waals surface area contributed by atoms with Crippen LogP contribution in [0.1, 0.15) is 41.6 Å². The first kappa shape index (κ1) is 11.7. The summed E-state index contributed by atoms with van der Waals surface area (Å²) in [4.78, 5) is 12.5. The van der Waals surface area contributed by atoms with E-state index in [0.717, 1.165) is 55.6 Å². The largest absolute Gasteiger partial charge is 0.493 e. The fourth-order valence-corrected chi connectivity index (χ4v) is 3.04. The van der Waals surface area contributed by atoms with E-state index >= 15 is 0 Å². The van der Waals surface area contributed by atoms with E-state index in [4.69, 9.17) is 10.5 Å². The van der Waals surface area contributed by atoms with Gasteiger partial charge in [0.2, 0.25) is 0 Å². The van der Waals surface area contributed by atoms with E-state index in [9.17, 15) is 4.79 Å². The summed E-state index contributed by atoms with van der Waals surface area (Å²) >= 11 is 0. The molecule has 2 aliphatic rings. The molecule has 3 heteroatoms. The zero-order chi connectivity index (χ0) is 12.5. The third-order valence-electron chi connectivity index (χ3n) is 4.13. The van der Waals surface area contributed by atoms with Crippen molar-refractivity contribution in [3.05, 3.63) is 29.3 Å². The van der Waals surface area contributed by atoms with Gasteiger partial charge >= 0.3 is 0 Å². The summed E-state index contributed by atoms with van der Waals surface area (Å²) in [5, 5.41) is 0. The molecule has 1 saturated carbocycles. The zero-order valence-corrected chi connectivity index (χ0v) is 10.5. The fourth-order valence-electron chi connectivity index (χ4n) is 3.04. The van der Waals surface area contributed by atoms with Crippen LogP contribution in [0.25, 0.3) is 0 Å². The van der Waals surface area contributed by atoms with Gasteiger partial charge in [-0.3, -0.25) is 4.79 Å². The van der Waals surface area contributed by atoms with Crippen LogP contribution in [0.3, 0.4) is 0 Å². The van der Waals surface area contributed by atoms with Crippen LogP contribution in [0, 0.1) is 5.92 Å². The van der Waals surface area contributed by atoms with Crippen molar-refractivity contribution in [1.82, 2.24) is 0 Å². The number of fused-ring (bicyclic) bond motifs is 1. The number of ketones is 1. The predicted molar refractivity (Wildman–Crippen MR) is 69.9 cm³/mol. The van der Waals surface area contributed by atoms with Gasteiger partial charge in [-0.2, -0.15) is 0 Å². The monoisotopic (exact) mass is 245 g/mol. The van der Waals surface area contributed by atoms with E-state index in [0.29, 0.717) is 0 Å². The Labute approximate surface area is 107 Å². The van der Waals surface area contributed by atoms with E-state index in [1.165, 1.54) is 0 Å². The van der Waals surface area contributed by atoms with E-state index < -0.39 is 0 Å². The second-order valence-corrected chi connectivity index (χ2v) is 5.34. The smallest absolute Gasteiger partial charge is 0.167 e. The van der Waals surface area contributed by atoms with Crippen molar-refractivity contribution in [3.8, 4) is 5.75 Å². The van der Waals surface area contributed by atoms with Crippen LogP contribution in [0.15, 0.2) is 18.2 Å². The lowest BCUT2D eigenvalue weighted by molar-refractivity contribution is 0.0871. The molecule has 3 nitrogen and oxygen atoms in total. The molecule has 0 radical (unpaired) electrons. The molecule has 1 heterocycles. The third kappa shape index (κ3) is 2.03. The lowest BCUT2D eigenvalue weighted by atomic mass is 9.80. The van der Waals surface area contributed by atoms with Crippen molar-refractivity contribution in [1.29, 1.82) is 0 Å². The number of hydrogen-bond donors (Lipinski definition) is 1. The Morgan fingerprint density at radius 3 is 2.94 bits per heavy atom. The summed E-state index contributed by atoms with van der Waals surface area (Å²) < 4.78 is 5.46. The molecule has 2 N–H and O–H groups in total. The van der Waals surface area contributed by atoms with Crippen molar-refractivity contribution in [2.45, 2.75) is 38.1 Å². The highest BCUT2D eigenvalue weighted by Gasteiger charge is 2.29. The van der Waals surface area contributed by atoms with Crippen molar-refractivity contribution in [3.63, 3.8) is 0 Å². The van der Waals surface area contributed by atoms with Gasteiger partial charge in [-0.1, -0.05) is 12.8 Å². The molecule has 18 heavy (non-hydrogen) atoms. The Hall–Kier alpha value is -1.35. The highest BCUT2D eigenvalue weighted by molar-refractivity contribution is 5.98. The average molecular weight is 245 g/mol. The van der Waals surface area contributed by atoms with Crippen LogP contribution >= 0.6 is 0 Å². The standard InChI is InChI=1S/C15H19NO2/c16-13-4-2-1-3-12(13)15(17)11-5-6-14-10(9-11)7-8-18-14/h5-6,9,12-13H,1-4,7-8,16H2. The van der Waals surface area contributed by atoms with Crippen LogP contribution < -0.4 is 10.5 Å². The molecule has 1 fully saturated rings. The molecule has 0 spiro atoms. The third-order valence-corrected chi connectivity index (χ3v) is 4.13. The highest BCUT2D eigenvalue weighted by atomic mass is 16.5. The molecular formula is C15H19NO2. The Morgan fingerprint density at radius 1 is 1.28 bits per heavy atom. The zero-order valence-electron chi connectivity index (χ0n) is 10.5. The van der Waals surface area contributed by atoms with Crippen molar-refractivity contribution < 1.29 is 9.53 Å². The molecule has 2 unspecified atom stereocenters. The SMILES string of the molecule is NC1CCCCC1C(=O)c1ccc2c(c1)CCO2. The van der Waals surface area contributed by atoms with Crippen molar-refractivity contribution in [2.24, 2.45) is 11.7 Å². The second-order valence-electron chi connectivity index (χ2n) is 5.34. The first-order valence-corrected chi connectivity index (χ1v) is 6.81. The molecule has 3 rings (SSSR count). The Kier molecular flexibility index (Phi) is 3.08. The van der Waals surface area contributed by atoms with Crippen LogP contribution in [-0.2, 0) is 6.42 Å². The van der Waals surface area contributed by atoms with Gasteiger partial charge in [-0.25, -0.2) is 0 Å². The molecule has 0 aromatic heterocycles. The van der Waals surface area contributed by atoms with Gasteiger partial charge in [0.05, 0.1) is 6.61 Å². The predicted octanol–water partition coefficient (Wildman–Crippen LogP) is 2.32. The molecule has 2 atom stereocenters. The van der Waals surface area contributed by atoms with Crippen LogP contribution in [0.2, 0.25) is 0 Å². The molecular weight excluding hydrogens is 226 g/mol. The van der Waals surface area contributed by atoms with Crippen LogP contribution in [-0.4, -0.2) is 18.4 Å². The van der Waals surface area contributed by atoms with E-state index in [-0.39, 0.29) is 17.7 Å². The molecule has 0 amide bonds. The minimum atomic E-state index is 0.0131. The highest BCUT2D eigenvalue weighted by Crippen LogP contribution is 2.30. The fraction of sp³-hybridized carbons (Fsp3) is 0.533. The van der Waals surface area contributed by atoms with Gasteiger partial charge in [0.1, 0.15) is 5.75 Å². The van der Waals surface area contributed by atoms with Gasteiger partial charge in [0.15, 0.2) is 5.78 Å². The molecule has 0 bridgehead atoms. The maximum absolute atomic E-state index is 12.5. The molecule has 1 aliphatic carbocycles. The first-order valence-electron chi connectivity index (χ1n) is 6.81. The number of hydrogen-bond acceptors (Lipinski definition) is 3. The number of rotatable bonds is 2. The lowest BCUT2D eigenvalue weighted by Gasteiger charge is -2.27. The number of ether oxygens (including phenoxy) is 1. The van der Waals surface area contributed by atoms with E-state index in [1.807, 2.05) is 18.2 Å². The average Bonchev–Trinajstić information content (AvgIpc) is 2.85. The summed E-state index contributed by atoms with van der Waals surface area (Å²) in [6.45, 7) is 0.732. The number of carbonyl (C=O) groups excluding carboxylic acids is 1. The number of carbonyl (C=O) groups is 1. The van der Waals surface area contributed by atoms with E-state index in [1.54, 1.807) is 0 Å². The molecule has 1 aromatic carbocycles. The summed E-state index contributed by atoms with van der Waals surface area (Å²) in [5.74, 6) is 1.16. The lowest BCUT2D eigenvalue weighted by Crippen LogP contribution is -2.38. The number of Topliss-reactive ketones (excluding diaryl/α,β-unsaturated/α-hetero) is 1. The maximum Gasteiger partial charge on any atom is 0.167 e. The van der Waals surface area contributed by atoms with Gasteiger partial charge in [0, 0.05) is 23.9 Å². The molecule has 1 aliphatic heterocycles. The van der Waals surface area contributed by atoms with Gasteiger partial charge < -0.3 is 10.5 Å². The first-order chi connectivity index (χ1) is 8.75. The van der Waals surface area contributed by atoms with Gasteiger partial charge in [-0.05, 0) is 36.6 Å². The van der Waals surface area contributed by atoms with Crippen LogP contribution in [0.5, 0.6) is 5.75 Å². The Bertz CT molecular complexity index is 470. The minimum absolute atomic E-state index is 0.0131. The molecule has 1 aromatic rings. The second kappa shape index (κ2) is 4.73. The minimum Gasteiger partial charge on any atom is -0.493 e. The maximum atomic E-state index is 12.5. The van der Waals surface area contributed by atoms with Crippen molar-refractivity contribution in [2.75, 3.05) is 6.61 Å². The van der Waals surface area contributed by atoms with Crippen LogP contribution in [0.4, 0.5) is 0 Å². The van der Waals surface area contributed by atoms with Crippen molar-refractivity contribution >= 4 is 5.78 Å². The molecule has 96 valence electrons. The Morgan fingerprint density at radius 2 is 2.11 bits per heavy atom. The summed E-state index contributed by atoms with van der Waals surface area (Å²) in [5.41, 5.74) is 8.05.